The summed E-state index contributed by atoms with van der Waals surface area (Å²) in [7, 11) is 0. The molecule has 1 aromatic carbocycles. The Bertz CT molecular complexity index is 490. The minimum atomic E-state index is 0.396. The van der Waals surface area contributed by atoms with Gasteiger partial charge in [0.1, 0.15) is 11.5 Å². The maximum atomic E-state index is 5.81. The van der Waals surface area contributed by atoms with E-state index in [1.54, 1.807) is 12.4 Å². The minimum absolute atomic E-state index is 0.396. The van der Waals surface area contributed by atoms with E-state index in [0.29, 0.717) is 5.88 Å². The Hall–Kier alpha value is -0.810. The molecule has 0 aliphatic heterocycles. The second-order valence-electron chi connectivity index (χ2n) is 3.18. The van der Waals surface area contributed by atoms with E-state index in [4.69, 9.17) is 16.3 Å². The van der Waals surface area contributed by atoms with Crippen LogP contribution in [0.2, 0.25) is 0 Å². The van der Waals surface area contributed by atoms with Crippen LogP contribution in [0.25, 0.3) is 0 Å². The lowest BCUT2D eigenvalue weighted by atomic mass is 10.3. The van der Waals surface area contributed by atoms with Crippen LogP contribution in [0.15, 0.2) is 42.7 Å². The predicted octanol–water partition coefficient (Wildman–Crippen LogP) is 4.22. The Morgan fingerprint density at radius 2 is 2.19 bits per heavy atom. The molecular weight excluding hydrogens is 336 g/mol. The zero-order valence-corrected chi connectivity index (χ0v) is 11.3. The fourth-order valence-electron chi connectivity index (χ4n) is 1.27. The highest BCUT2D eigenvalue weighted by atomic mass is 127. The average molecular weight is 346 g/mol. The van der Waals surface area contributed by atoms with Crippen LogP contribution in [-0.2, 0) is 5.88 Å². The Kier molecular flexibility index (Phi) is 4.01. The highest BCUT2D eigenvalue weighted by Crippen LogP contribution is 2.26. The largest absolute Gasteiger partial charge is 0.457 e. The van der Waals surface area contributed by atoms with Crippen LogP contribution in [0.4, 0.5) is 0 Å². The third-order valence-electron chi connectivity index (χ3n) is 2.03. The first kappa shape index (κ1) is 11.7. The van der Waals surface area contributed by atoms with Crippen LogP contribution < -0.4 is 4.74 Å². The van der Waals surface area contributed by atoms with Crippen LogP contribution in [0.5, 0.6) is 11.5 Å². The van der Waals surface area contributed by atoms with Gasteiger partial charge in [-0.2, -0.15) is 0 Å². The standard InChI is InChI=1S/C12H9ClINO/c13-7-9-8-15-5-4-12(9)16-11-3-1-2-10(14)6-11/h1-6,8H,7H2. The number of alkyl halides is 1. The molecule has 0 saturated carbocycles. The van der Waals surface area contributed by atoms with Crippen molar-refractivity contribution < 1.29 is 4.74 Å². The molecule has 2 rings (SSSR count). The van der Waals surface area contributed by atoms with E-state index < -0.39 is 0 Å². The van der Waals surface area contributed by atoms with Crippen molar-refractivity contribution in [2.24, 2.45) is 0 Å². The molecule has 16 heavy (non-hydrogen) atoms. The van der Waals surface area contributed by atoms with E-state index in [0.717, 1.165) is 20.6 Å². The summed E-state index contributed by atoms with van der Waals surface area (Å²) >= 11 is 8.06. The number of pyridine rings is 1. The molecule has 0 spiro atoms. The van der Waals surface area contributed by atoms with E-state index in [9.17, 15) is 0 Å². The average Bonchev–Trinajstić information content (AvgIpc) is 2.30. The van der Waals surface area contributed by atoms with Gasteiger partial charge in [0.25, 0.3) is 0 Å². The molecule has 82 valence electrons. The summed E-state index contributed by atoms with van der Waals surface area (Å²) in [5, 5.41) is 0. The fourth-order valence-corrected chi connectivity index (χ4v) is 1.99. The lowest BCUT2D eigenvalue weighted by Crippen LogP contribution is -1.90. The Morgan fingerprint density at radius 1 is 1.31 bits per heavy atom. The molecule has 0 radical (unpaired) electrons. The summed E-state index contributed by atoms with van der Waals surface area (Å²) in [6.45, 7) is 0. The van der Waals surface area contributed by atoms with Crippen molar-refractivity contribution in [1.29, 1.82) is 0 Å². The van der Waals surface area contributed by atoms with Crippen molar-refractivity contribution in [3.05, 3.63) is 51.9 Å². The third kappa shape index (κ3) is 2.86. The predicted molar refractivity (Wildman–Crippen MR) is 73.0 cm³/mol. The van der Waals surface area contributed by atoms with Gasteiger partial charge in [-0.05, 0) is 46.9 Å². The van der Waals surface area contributed by atoms with Crippen molar-refractivity contribution >= 4 is 34.2 Å². The van der Waals surface area contributed by atoms with Crippen molar-refractivity contribution in [3.8, 4) is 11.5 Å². The first-order chi connectivity index (χ1) is 7.79. The zero-order chi connectivity index (χ0) is 11.4. The van der Waals surface area contributed by atoms with Crippen molar-refractivity contribution in [1.82, 2.24) is 4.98 Å². The summed E-state index contributed by atoms with van der Waals surface area (Å²) in [4.78, 5) is 4.01. The SMILES string of the molecule is ClCc1cnccc1Oc1cccc(I)c1. The molecule has 0 unspecified atom stereocenters. The van der Waals surface area contributed by atoms with Crippen LogP contribution in [0.1, 0.15) is 5.56 Å². The first-order valence-electron chi connectivity index (χ1n) is 4.72. The lowest BCUT2D eigenvalue weighted by Gasteiger charge is -2.08. The molecule has 1 aromatic heterocycles. The molecule has 0 saturated heterocycles. The number of ether oxygens (including phenoxy) is 1. The highest BCUT2D eigenvalue weighted by molar-refractivity contribution is 14.1. The molecule has 0 aliphatic carbocycles. The minimum Gasteiger partial charge on any atom is -0.457 e. The summed E-state index contributed by atoms with van der Waals surface area (Å²) in [6, 6.07) is 9.68. The van der Waals surface area contributed by atoms with Gasteiger partial charge in [0, 0.05) is 21.5 Å². The summed E-state index contributed by atoms with van der Waals surface area (Å²) in [5.41, 5.74) is 0.892. The normalized spacial score (nSPS) is 10.1. The molecular formula is C12H9ClINO. The monoisotopic (exact) mass is 345 g/mol. The number of halogens is 2. The van der Waals surface area contributed by atoms with Crippen LogP contribution in [0.3, 0.4) is 0 Å². The second-order valence-corrected chi connectivity index (χ2v) is 4.69. The molecule has 4 heteroatoms. The van der Waals surface area contributed by atoms with Gasteiger partial charge in [-0.1, -0.05) is 6.07 Å². The van der Waals surface area contributed by atoms with Gasteiger partial charge >= 0.3 is 0 Å². The van der Waals surface area contributed by atoms with Gasteiger partial charge in [-0.25, -0.2) is 0 Å². The molecule has 0 atom stereocenters. The van der Waals surface area contributed by atoms with Crippen LogP contribution in [0, 0.1) is 3.57 Å². The molecule has 0 aliphatic rings. The number of aromatic nitrogens is 1. The maximum absolute atomic E-state index is 5.81. The van der Waals surface area contributed by atoms with E-state index >= 15 is 0 Å². The molecule has 2 aromatic rings. The molecule has 0 fully saturated rings. The zero-order valence-electron chi connectivity index (χ0n) is 8.36. The smallest absolute Gasteiger partial charge is 0.134 e. The summed E-state index contributed by atoms with van der Waals surface area (Å²) in [5.74, 6) is 1.96. The number of benzene rings is 1. The van der Waals surface area contributed by atoms with Gasteiger partial charge < -0.3 is 4.74 Å². The second kappa shape index (κ2) is 5.50. The quantitative estimate of drug-likeness (QED) is 0.614. The van der Waals surface area contributed by atoms with Crippen molar-refractivity contribution in [3.63, 3.8) is 0 Å². The molecule has 0 amide bonds. The molecule has 2 nitrogen and oxygen atoms in total. The number of nitrogens with zero attached hydrogens (tertiary/aromatic N) is 1. The van der Waals surface area contributed by atoms with Crippen LogP contribution in [-0.4, -0.2) is 4.98 Å². The topological polar surface area (TPSA) is 22.1 Å². The van der Waals surface area contributed by atoms with Crippen molar-refractivity contribution in [2.45, 2.75) is 5.88 Å². The Labute approximate surface area is 113 Å². The number of rotatable bonds is 3. The number of hydrogen-bond donors (Lipinski definition) is 0. The Morgan fingerprint density at radius 3 is 2.94 bits per heavy atom. The van der Waals surface area contributed by atoms with E-state index in [1.165, 1.54) is 0 Å². The first-order valence-corrected chi connectivity index (χ1v) is 6.33. The Balaban J connectivity index is 2.26. The third-order valence-corrected chi connectivity index (χ3v) is 2.99. The summed E-state index contributed by atoms with van der Waals surface area (Å²) in [6.07, 6.45) is 3.41. The number of hydrogen-bond acceptors (Lipinski definition) is 2. The van der Waals surface area contributed by atoms with Gasteiger partial charge in [0.05, 0.1) is 5.88 Å². The van der Waals surface area contributed by atoms with E-state index in [2.05, 4.69) is 27.6 Å². The van der Waals surface area contributed by atoms with Crippen molar-refractivity contribution in [2.75, 3.05) is 0 Å². The molecule has 1 heterocycles. The molecule has 0 bridgehead atoms. The van der Waals surface area contributed by atoms with E-state index in [-0.39, 0.29) is 0 Å². The van der Waals surface area contributed by atoms with Gasteiger partial charge in [0.15, 0.2) is 0 Å². The fraction of sp³-hybridized carbons (Fsp3) is 0.0833. The van der Waals surface area contributed by atoms with E-state index in [1.807, 2.05) is 30.3 Å². The van der Waals surface area contributed by atoms with Gasteiger partial charge in [0.2, 0.25) is 0 Å². The summed E-state index contributed by atoms with van der Waals surface area (Å²) < 4.78 is 6.89. The lowest BCUT2D eigenvalue weighted by molar-refractivity contribution is 0.477. The van der Waals surface area contributed by atoms with Gasteiger partial charge in [-0.15, -0.1) is 11.6 Å². The highest BCUT2D eigenvalue weighted by Gasteiger charge is 2.03. The van der Waals surface area contributed by atoms with Gasteiger partial charge in [-0.3, -0.25) is 4.98 Å². The molecule has 0 N–H and O–H groups in total. The maximum Gasteiger partial charge on any atom is 0.134 e. The van der Waals surface area contributed by atoms with Crippen LogP contribution >= 0.6 is 34.2 Å².